The van der Waals surface area contributed by atoms with Crippen molar-refractivity contribution in [1.82, 2.24) is 5.32 Å². The number of nitrogens with one attached hydrogen (secondary N) is 1. The maximum atomic E-state index is 6.16. The van der Waals surface area contributed by atoms with Crippen LogP contribution in [0.15, 0.2) is 12.2 Å². The molecule has 0 amide bonds. The second kappa shape index (κ2) is 6.44. The number of alkyl halides is 1. The lowest BCUT2D eigenvalue weighted by Crippen LogP contribution is -2.26. The molecular weight excluding hydrogens is 182 g/mol. The third-order valence-corrected chi connectivity index (χ3v) is 2.01. The van der Waals surface area contributed by atoms with E-state index in [0.717, 1.165) is 19.5 Å². The van der Waals surface area contributed by atoms with E-state index < -0.39 is 0 Å². The standard InChI is InChI=1S/C11H22ClN/c1-5-6-7-13-9-10(12)8-11(2,3)4/h5-6,10,13H,7-9H2,1-4H3/b6-5+. The van der Waals surface area contributed by atoms with Gasteiger partial charge in [-0.1, -0.05) is 32.9 Å². The fraction of sp³-hybridized carbons (Fsp3) is 0.818. The molecule has 2 heteroatoms. The van der Waals surface area contributed by atoms with Crippen LogP contribution in [0.3, 0.4) is 0 Å². The van der Waals surface area contributed by atoms with Gasteiger partial charge in [0.05, 0.1) is 0 Å². The summed E-state index contributed by atoms with van der Waals surface area (Å²) in [4.78, 5) is 0. The van der Waals surface area contributed by atoms with Crippen LogP contribution < -0.4 is 5.32 Å². The number of hydrogen-bond donors (Lipinski definition) is 1. The van der Waals surface area contributed by atoms with Crippen molar-refractivity contribution < 1.29 is 0 Å². The SMILES string of the molecule is C/C=C/CNCC(Cl)CC(C)(C)C. The van der Waals surface area contributed by atoms with Crippen molar-refractivity contribution in [1.29, 1.82) is 0 Å². The number of rotatable bonds is 5. The smallest absolute Gasteiger partial charge is 0.0465 e. The van der Waals surface area contributed by atoms with Crippen LogP contribution in [0.2, 0.25) is 0 Å². The minimum Gasteiger partial charge on any atom is -0.312 e. The molecule has 1 nitrogen and oxygen atoms in total. The van der Waals surface area contributed by atoms with Crippen molar-refractivity contribution >= 4 is 11.6 Å². The van der Waals surface area contributed by atoms with Gasteiger partial charge in [-0.3, -0.25) is 0 Å². The van der Waals surface area contributed by atoms with Crippen LogP contribution in [-0.2, 0) is 0 Å². The van der Waals surface area contributed by atoms with Crippen LogP contribution in [0, 0.1) is 5.41 Å². The van der Waals surface area contributed by atoms with E-state index in [1.54, 1.807) is 0 Å². The molecule has 0 spiro atoms. The largest absolute Gasteiger partial charge is 0.312 e. The van der Waals surface area contributed by atoms with Crippen molar-refractivity contribution in [2.45, 2.75) is 39.5 Å². The summed E-state index contributed by atoms with van der Waals surface area (Å²) < 4.78 is 0. The Morgan fingerprint density at radius 1 is 1.38 bits per heavy atom. The first kappa shape index (κ1) is 13.0. The van der Waals surface area contributed by atoms with E-state index in [2.05, 4.69) is 32.2 Å². The monoisotopic (exact) mass is 203 g/mol. The zero-order chi connectivity index (χ0) is 10.3. The maximum absolute atomic E-state index is 6.16. The Hall–Kier alpha value is -0.0100. The molecule has 0 rings (SSSR count). The molecule has 0 aromatic carbocycles. The van der Waals surface area contributed by atoms with E-state index in [1.165, 1.54) is 0 Å². The quantitative estimate of drug-likeness (QED) is 0.411. The minimum absolute atomic E-state index is 0.241. The molecule has 0 saturated heterocycles. The van der Waals surface area contributed by atoms with Crippen LogP contribution in [0.5, 0.6) is 0 Å². The molecule has 1 N–H and O–H groups in total. The number of hydrogen-bond acceptors (Lipinski definition) is 1. The first-order valence-electron chi connectivity index (χ1n) is 4.91. The molecule has 0 saturated carbocycles. The Balaban J connectivity index is 3.46. The lowest BCUT2D eigenvalue weighted by Gasteiger charge is -2.21. The summed E-state index contributed by atoms with van der Waals surface area (Å²) >= 11 is 6.16. The first-order chi connectivity index (χ1) is 5.95. The van der Waals surface area contributed by atoms with E-state index in [0.29, 0.717) is 5.41 Å². The molecule has 0 aromatic heterocycles. The molecular formula is C11H22ClN. The number of allylic oxidation sites excluding steroid dienone is 1. The highest BCUT2D eigenvalue weighted by Gasteiger charge is 2.15. The van der Waals surface area contributed by atoms with Gasteiger partial charge in [0.1, 0.15) is 0 Å². The summed E-state index contributed by atoms with van der Waals surface area (Å²) in [5.74, 6) is 0. The lowest BCUT2D eigenvalue weighted by molar-refractivity contribution is 0.366. The highest BCUT2D eigenvalue weighted by Crippen LogP contribution is 2.22. The van der Waals surface area contributed by atoms with Crippen molar-refractivity contribution in [2.75, 3.05) is 13.1 Å². The fourth-order valence-electron chi connectivity index (χ4n) is 1.18. The molecule has 0 aromatic rings. The van der Waals surface area contributed by atoms with Gasteiger partial charge in [-0.2, -0.15) is 0 Å². The highest BCUT2D eigenvalue weighted by atomic mass is 35.5. The van der Waals surface area contributed by atoms with Gasteiger partial charge in [0.25, 0.3) is 0 Å². The second-order valence-corrected chi connectivity index (χ2v) is 5.21. The molecule has 0 aliphatic carbocycles. The van der Waals surface area contributed by atoms with Gasteiger partial charge in [0, 0.05) is 18.5 Å². The van der Waals surface area contributed by atoms with Gasteiger partial charge < -0.3 is 5.32 Å². The molecule has 78 valence electrons. The predicted molar refractivity (Wildman–Crippen MR) is 61.4 cm³/mol. The summed E-state index contributed by atoms with van der Waals surface area (Å²) in [7, 11) is 0. The van der Waals surface area contributed by atoms with E-state index in [4.69, 9.17) is 11.6 Å². The van der Waals surface area contributed by atoms with E-state index >= 15 is 0 Å². The summed E-state index contributed by atoms with van der Waals surface area (Å²) in [6.07, 6.45) is 5.19. The highest BCUT2D eigenvalue weighted by molar-refractivity contribution is 6.20. The molecule has 13 heavy (non-hydrogen) atoms. The van der Waals surface area contributed by atoms with Crippen LogP contribution in [0.4, 0.5) is 0 Å². The van der Waals surface area contributed by atoms with Crippen LogP contribution in [0.1, 0.15) is 34.1 Å². The summed E-state index contributed by atoms with van der Waals surface area (Å²) in [5, 5.41) is 3.53. The number of halogens is 1. The topological polar surface area (TPSA) is 12.0 Å². The van der Waals surface area contributed by atoms with Gasteiger partial charge >= 0.3 is 0 Å². The van der Waals surface area contributed by atoms with Crippen LogP contribution >= 0.6 is 11.6 Å². The maximum Gasteiger partial charge on any atom is 0.0465 e. The Morgan fingerprint density at radius 2 is 2.00 bits per heavy atom. The normalized spacial score (nSPS) is 15.2. The minimum atomic E-state index is 0.241. The van der Waals surface area contributed by atoms with Gasteiger partial charge in [0.2, 0.25) is 0 Å². The van der Waals surface area contributed by atoms with Crippen LogP contribution in [-0.4, -0.2) is 18.5 Å². The average Bonchev–Trinajstić information content (AvgIpc) is 1.94. The summed E-state index contributed by atoms with van der Waals surface area (Å²) in [5.41, 5.74) is 0.328. The third kappa shape index (κ3) is 9.91. The van der Waals surface area contributed by atoms with Crippen molar-refractivity contribution in [3.05, 3.63) is 12.2 Å². The molecule has 1 unspecified atom stereocenters. The van der Waals surface area contributed by atoms with Gasteiger partial charge in [-0.25, -0.2) is 0 Å². The van der Waals surface area contributed by atoms with Crippen molar-refractivity contribution in [2.24, 2.45) is 5.41 Å². The molecule has 1 atom stereocenters. The van der Waals surface area contributed by atoms with Crippen molar-refractivity contribution in [3.8, 4) is 0 Å². The Bertz CT molecular complexity index is 147. The zero-order valence-corrected chi connectivity index (χ0v) is 9.99. The molecule has 0 heterocycles. The molecule has 0 fully saturated rings. The van der Waals surface area contributed by atoms with Gasteiger partial charge in [-0.15, -0.1) is 11.6 Å². The van der Waals surface area contributed by atoms with E-state index in [9.17, 15) is 0 Å². The molecule has 0 bridgehead atoms. The van der Waals surface area contributed by atoms with Gasteiger partial charge in [0.15, 0.2) is 0 Å². The van der Waals surface area contributed by atoms with E-state index in [1.807, 2.05) is 13.0 Å². The Labute approximate surface area is 87.6 Å². The fourth-order valence-corrected chi connectivity index (χ4v) is 1.75. The molecule has 0 aliphatic heterocycles. The molecule has 0 radical (unpaired) electrons. The third-order valence-electron chi connectivity index (χ3n) is 1.70. The predicted octanol–water partition coefficient (Wildman–Crippen LogP) is 3.20. The summed E-state index contributed by atoms with van der Waals surface area (Å²) in [6, 6.07) is 0. The van der Waals surface area contributed by atoms with Crippen LogP contribution in [0.25, 0.3) is 0 Å². The molecule has 0 aliphatic rings. The lowest BCUT2D eigenvalue weighted by atomic mass is 9.90. The second-order valence-electron chi connectivity index (χ2n) is 4.59. The van der Waals surface area contributed by atoms with Crippen molar-refractivity contribution in [3.63, 3.8) is 0 Å². The summed E-state index contributed by atoms with van der Waals surface area (Å²) in [6.45, 7) is 10.5. The first-order valence-corrected chi connectivity index (χ1v) is 5.35. The average molecular weight is 204 g/mol. The van der Waals surface area contributed by atoms with E-state index in [-0.39, 0.29) is 5.38 Å². The zero-order valence-electron chi connectivity index (χ0n) is 9.23. The Kier molecular flexibility index (Phi) is 6.44. The van der Waals surface area contributed by atoms with Gasteiger partial charge in [-0.05, 0) is 18.8 Å². The Morgan fingerprint density at radius 3 is 2.46 bits per heavy atom.